The summed E-state index contributed by atoms with van der Waals surface area (Å²) in [5.74, 6) is -0.909. The molecule has 0 saturated carbocycles. The minimum atomic E-state index is -0.567. The Morgan fingerprint density at radius 2 is 2.13 bits per heavy atom. The standard InChI is InChI=1S/C16H11FN2O3S/c17-12-4-1-11(2-5-12)3-6-15(21)22-10-13-9-14(20)19-7-8-23-16(19)18-13/h1-9H,10H2/b6-3+. The van der Waals surface area contributed by atoms with Crippen molar-refractivity contribution in [3.05, 3.63) is 75.4 Å². The molecule has 5 nitrogen and oxygen atoms in total. The quantitative estimate of drug-likeness (QED) is 0.545. The average Bonchev–Trinajstić information content (AvgIpc) is 3.01. The van der Waals surface area contributed by atoms with Gasteiger partial charge in [0.05, 0.1) is 5.69 Å². The number of ether oxygens (including phenoxy) is 1. The first kappa shape index (κ1) is 15.1. The maximum absolute atomic E-state index is 12.8. The lowest BCUT2D eigenvalue weighted by molar-refractivity contribution is -0.139. The summed E-state index contributed by atoms with van der Waals surface area (Å²) in [4.78, 5) is 28.2. The summed E-state index contributed by atoms with van der Waals surface area (Å²) < 4.78 is 19.2. The zero-order chi connectivity index (χ0) is 16.2. The lowest BCUT2D eigenvalue weighted by Crippen LogP contribution is -2.14. The number of rotatable bonds is 4. The van der Waals surface area contributed by atoms with Gasteiger partial charge < -0.3 is 4.74 Å². The number of aromatic nitrogens is 2. The van der Waals surface area contributed by atoms with Gasteiger partial charge in [-0.3, -0.25) is 9.20 Å². The smallest absolute Gasteiger partial charge is 0.331 e. The van der Waals surface area contributed by atoms with Gasteiger partial charge in [0.2, 0.25) is 0 Å². The molecule has 1 aromatic carbocycles. The molecule has 0 N–H and O–H groups in total. The predicted octanol–water partition coefficient (Wildman–Crippen LogP) is 2.65. The van der Waals surface area contributed by atoms with Crippen LogP contribution in [0.25, 0.3) is 11.0 Å². The second kappa shape index (κ2) is 6.53. The second-order valence-corrected chi connectivity index (χ2v) is 5.51. The molecule has 0 unspecified atom stereocenters. The Kier molecular flexibility index (Phi) is 4.29. The summed E-state index contributed by atoms with van der Waals surface area (Å²) in [6.45, 7) is -0.0871. The molecular weight excluding hydrogens is 319 g/mol. The minimum Gasteiger partial charge on any atom is -0.456 e. The van der Waals surface area contributed by atoms with Gasteiger partial charge in [-0.2, -0.15) is 0 Å². The van der Waals surface area contributed by atoms with Gasteiger partial charge in [-0.05, 0) is 23.8 Å². The van der Waals surface area contributed by atoms with Crippen molar-refractivity contribution in [3.63, 3.8) is 0 Å². The number of halogens is 1. The summed E-state index contributed by atoms with van der Waals surface area (Å²) in [5.41, 5.74) is 0.852. The van der Waals surface area contributed by atoms with Gasteiger partial charge in [0, 0.05) is 23.7 Å². The van der Waals surface area contributed by atoms with Crippen LogP contribution in [-0.4, -0.2) is 15.4 Å². The van der Waals surface area contributed by atoms with Crippen LogP contribution >= 0.6 is 11.3 Å². The van der Waals surface area contributed by atoms with Crippen molar-refractivity contribution in [1.82, 2.24) is 9.38 Å². The van der Waals surface area contributed by atoms with Crippen molar-refractivity contribution in [2.24, 2.45) is 0 Å². The Morgan fingerprint density at radius 3 is 2.91 bits per heavy atom. The molecule has 3 aromatic rings. The number of hydrogen-bond acceptors (Lipinski definition) is 5. The molecule has 0 fully saturated rings. The van der Waals surface area contributed by atoms with Crippen LogP contribution in [0.2, 0.25) is 0 Å². The van der Waals surface area contributed by atoms with Crippen molar-refractivity contribution in [1.29, 1.82) is 0 Å². The van der Waals surface area contributed by atoms with Crippen molar-refractivity contribution in [2.75, 3.05) is 0 Å². The summed E-state index contributed by atoms with van der Waals surface area (Å²) in [7, 11) is 0. The topological polar surface area (TPSA) is 60.7 Å². The molecule has 0 spiro atoms. The molecular formula is C16H11FN2O3S. The summed E-state index contributed by atoms with van der Waals surface area (Å²) in [5, 5.41) is 1.75. The molecule has 0 atom stereocenters. The fourth-order valence-corrected chi connectivity index (χ4v) is 2.63. The van der Waals surface area contributed by atoms with Crippen molar-refractivity contribution >= 4 is 28.3 Å². The molecule has 0 bridgehead atoms. The van der Waals surface area contributed by atoms with Gasteiger partial charge >= 0.3 is 5.97 Å². The lowest BCUT2D eigenvalue weighted by atomic mass is 10.2. The first-order chi connectivity index (χ1) is 11.1. The van der Waals surface area contributed by atoms with Crippen LogP contribution in [0.4, 0.5) is 4.39 Å². The first-order valence-corrected chi connectivity index (χ1v) is 7.56. The van der Waals surface area contributed by atoms with E-state index in [1.165, 1.54) is 46.1 Å². The number of carbonyl (C=O) groups excluding carboxylic acids is 1. The monoisotopic (exact) mass is 330 g/mol. The highest BCUT2D eigenvalue weighted by Gasteiger charge is 2.05. The summed E-state index contributed by atoms with van der Waals surface area (Å²) >= 11 is 1.33. The molecule has 116 valence electrons. The normalized spacial score (nSPS) is 11.2. The van der Waals surface area contributed by atoms with Crippen LogP contribution in [0, 0.1) is 5.82 Å². The fourth-order valence-electron chi connectivity index (χ4n) is 1.89. The number of hydrogen-bond donors (Lipinski definition) is 0. The van der Waals surface area contributed by atoms with Crippen molar-refractivity contribution < 1.29 is 13.9 Å². The summed E-state index contributed by atoms with van der Waals surface area (Å²) in [6, 6.07) is 7.03. The number of benzene rings is 1. The van der Waals surface area contributed by atoms with Gasteiger partial charge in [-0.25, -0.2) is 14.2 Å². The van der Waals surface area contributed by atoms with Gasteiger partial charge in [-0.15, -0.1) is 11.3 Å². The van der Waals surface area contributed by atoms with E-state index >= 15 is 0 Å². The number of thiazole rings is 1. The predicted molar refractivity (Wildman–Crippen MR) is 84.6 cm³/mol. The van der Waals surface area contributed by atoms with E-state index in [2.05, 4.69) is 4.98 Å². The van der Waals surface area contributed by atoms with Gasteiger partial charge in [0.25, 0.3) is 5.56 Å². The third kappa shape index (κ3) is 3.70. The molecule has 2 aromatic heterocycles. The Hall–Kier alpha value is -2.80. The number of fused-ring (bicyclic) bond motifs is 1. The average molecular weight is 330 g/mol. The van der Waals surface area contributed by atoms with E-state index in [1.807, 2.05) is 0 Å². The van der Waals surface area contributed by atoms with E-state index in [1.54, 1.807) is 23.7 Å². The van der Waals surface area contributed by atoms with E-state index in [0.29, 0.717) is 16.2 Å². The largest absolute Gasteiger partial charge is 0.456 e. The first-order valence-electron chi connectivity index (χ1n) is 6.68. The molecule has 7 heteroatoms. The summed E-state index contributed by atoms with van der Waals surface area (Å²) in [6.07, 6.45) is 4.40. The molecule has 0 amide bonds. The van der Waals surface area contributed by atoms with Gasteiger partial charge in [-0.1, -0.05) is 12.1 Å². The zero-order valence-corrected chi connectivity index (χ0v) is 12.6. The SMILES string of the molecule is O=C(/C=C/c1ccc(F)cc1)OCc1cc(=O)n2ccsc2n1. The van der Waals surface area contributed by atoms with E-state index < -0.39 is 5.97 Å². The number of nitrogens with zero attached hydrogens (tertiary/aromatic N) is 2. The van der Waals surface area contributed by atoms with Gasteiger partial charge in [0.15, 0.2) is 4.96 Å². The highest BCUT2D eigenvalue weighted by atomic mass is 32.1. The molecule has 0 aliphatic rings. The molecule has 0 saturated heterocycles. The highest BCUT2D eigenvalue weighted by molar-refractivity contribution is 7.15. The van der Waals surface area contributed by atoms with Crippen LogP contribution < -0.4 is 5.56 Å². The Labute approximate surface area is 134 Å². The van der Waals surface area contributed by atoms with E-state index in [-0.39, 0.29) is 18.0 Å². The van der Waals surface area contributed by atoms with Crippen molar-refractivity contribution in [2.45, 2.75) is 6.61 Å². The second-order valence-electron chi connectivity index (χ2n) is 4.63. The van der Waals surface area contributed by atoms with Gasteiger partial charge in [0.1, 0.15) is 12.4 Å². The Balaban J connectivity index is 1.63. The zero-order valence-electron chi connectivity index (χ0n) is 11.8. The van der Waals surface area contributed by atoms with E-state index in [4.69, 9.17) is 4.74 Å². The Bertz CT molecular complexity index is 928. The highest BCUT2D eigenvalue weighted by Crippen LogP contribution is 2.08. The lowest BCUT2D eigenvalue weighted by Gasteiger charge is -2.01. The third-order valence-corrected chi connectivity index (χ3v) is 3.76. The van der Waals surface area contributed by atoms with E-state index in [0.717, 1.165) is 0 Å². The maximum atomic E-state index is 12.8. The van der Waals surface area contributed by atoms with Crippen LogP contribution in [0.3, 0.4) is 0 Å². The Morgan fingerprint density at radius 1 is 1.35 bits per heavy atom. The van der Waals surface area contributed by atoms with Crippen LogP contribution in [0.1, 0.15) is 11.3 Å². The van der Waals surface area contributed by atoms with Crippen molar-refractivity contribution in [3.8, 4) is 0 Å². The third-order valence-electron chi connectivity index (χ3n) is 3.00. The van der Waals surface area contributed by atoms with Crippen LogP contribution in [-0.2, 0) is 16.1 Å². The van der Waals surface area contributed by atoms with E-state index in [9.17, 15) is 14.0 Å². The fraction of sp³-hybridized carbons (Fsp3) is 0.0625. The molecule has 3 rings (SSSR count). The molecule has 0 aliphatic carbocycles. The maximum Gasteiger partial charge on any atom is 0.331 e. The molecule has 0 aliphatic heterocycles. The van der Waals surface area contributed by atoms with Crippen LogP contribution in [0.5, 0.6) is 0 Å². The molecule has 0 radical (unpaired) electrons. The molecule has 2 heterocycles. The number of carbonyl (C=O) groups is 1. The van der Waals surface area contributed by atoms with Crippen LogP contribution in [0.15, 0.2) is 52.8 Å². The number of esters is 1. The minimum absolute atomic E-state index is 0.0871. The molecule has 23 heavy (non-hydrogen) atoms.